The monoisotopic (exact) mass is 278 g/mol. The van der Waals surface area contributed by atoms with E-state index in [4.69, 9.17) is 5.11 Å². The standard InChI is InChI=1S/C7H6O2.C2H5I/c8-7(9)6-4-2-1-3-5-6;1-2-3/h1-5H,(H,8,9);2H2,1H3. The van der Waals surface area contributed by atoms with Crippen LogP contribution in [0.3, 0.4) is 0 Å². The van der Waals surface area contributed by atoms with Gasteiger partial charge in [0, 0.05) is 0 Å². The number of benzene rings is 1. The lowest BCUT2D eigenvalue weighted by molar-refractivity contribution is 0.0697. The molecule has 12 heavy (non-hydrogen) atoms. The lowest BCUT2D eigenvalue weighted by Gasteiger charge is -1.88. The quantitative estimate of drug-likeness (QED) is 0.633. The Kier molecular flexibility index (Phi) is 6.75. The summed E-state index contributed by atoms with van der Waals surface area (Å²) in [6.45, 7) is 2.11. The summed E-state index contributed by atoms with van der Waals surface area (Å²) in [6, 6.07) is 8.30. The van der Waals surface area contributed by atoms with Crippen molar-refractivity contribution in [3.8, 4) is 0 Å². The van der Waals surface area contributed by atoms with Crippen molar-refractivity contribution < 1.29 is 9.90 Å². The van der Waals surface area contributed by atoms with Gasteiger partial charge >= 0.3 is 5.97 Å². The first-order chi connectivity index (χ1) is 5.72. The van der Waals surface area contributed by atoms with E-state index in [-0.39, 0.29) is 0 Å². The van der Waals surface area contributed by atoms with Crippen molar-refractivity contribution in [2.75, 3.05) is 4.43 Å². The molecule has 0 aliphatic rings. The third-order valence-corrected chi connectivity index (χ3v) is 1.02. The van der Waals surface area contributed by atoms with Gasteiger partial charge in [-0.25, -0.2) is 4.79 Å². The molecule has 0 fully saturated rings. The van der Waals surface area contributed by atoms with Crippen molar-refractivity contribution in [1.29, 1.82) is 0 Å². The normalized spacial score (nSPS) is 8.17. The Morgan fingerprint density at radius 3 is 2.08 bits per heavy atom. The Balaban J connectivity index is 0.000000354. The van der Waals surface area contributed by atoms with Crippen LogP contribution in [-0.2, 0) is 0 Å². The zero-order valence-electron chi connectivity index (χ0n) is 6.83. The fourth-order valence-corrected chi connectivity index (χ4v) is 0.581. The van der Waals surface area contributed by atoms with Crippen LogP contribution in [0.2, 0.25) is 0 Å². The third kappa shape index (κ3) is 5.12. The second-order valence-corrected chi connectivity index (χ2v) is 3.46. The number of carboxylic acids is 1. The average molecular weight is 278 g/mol. The summed E-state index contributed by atoms with van der Waals surface area (Å²) < 4.78 is 1.22. The molecular weight excluding hydrogens is 267 g/mol. The van der Waals surface area contributed by atoms with Crippen LogP contribution in [0.5, 0.6) is 0 Å². The van der Waals surface area contributed by atoms with Gasteiger partial charge < -0.3 is 5.11 Å². The molecule has 1 rings (SSSR count). The highest BCUT2D eigenvalue weighted by Gasteiger charge is 1.96. The molecule has 0 bridgehead atoms. The third-order valence-electron chi connectivity index (χ3n) is 1.02. The Labute approximate surface area is 85.7 Å². The molecule has 1 N–H and O–H groups in total. The first-order valence-corrected chi connectivity index (χ1v) is 5.09. The van der Waals surface area contributed by atoms with E-state index in [9.17, 15) is 4.79 Å². The van der Waals surface area contributed by atoms with Crippen LogP contribution < -0.4 is 0 Å². The van der Waals surface area contributed by atoms with Gasteiger partial charge in [-0.3, -0.25) is 0 Å². The van der Waals surface area contributed by atoms with Crippen molar-refractivity contribution in [3.63, 3.8) is 0 Å². The highest BCUT2D eigenvalue weighted by molar-refractivity contribution is 14.1. The van der Waals surface area contributed by atoms with Gasteiger partial charge in [-0.05, 0) is 16.6 Å². The molecule has 0 atom stereocenters. The topological polar surface area (TPSA) is 37.3 Å². The van der Waals surface area contributed by atoms with E-state index in [2.05, 4.69) is 29.5 Å². The van der Waals surface area contributed by atoms with Gasteiger partial charge in [0.2, 0.25) is 0 Å². The molecule has 0 saturated carbocycles. The minimum atomic E-state index is -0.879. The molecule has 0 aliphatic carbocycles. The first-order valence-electron chi connectivity index (χ1n) is 3.56. The molecule has 0 amide bonds. The Bertz CT molecular complexity index is 221. The van der Waals surface area contributed by atoms with Gasteiger partial charge in [-0.15, -0.1) is 0 Å². The number of carbonyl (C=O) groups is 1. The number of halogens is 1. The summed E-state index contributed by atoms with van der Waals surface area (Å²) in [4.78, 5) is 10.2. The number of hydrogen-bond donors (Lipinski definition) is 1. The molecule has 1 aromatic rings. The van der Waals surface area contributed by atoms with E-state index < -0.39 is 5.97 Å². The largest absolute Gasteiger partial charge is 0.478 e. The Morgan fingerprint density at radius 2 is 1.83 bits per heavy atom. The Morgan fingerprint density at radius 1 is 1.42 bits per heavy atom. The number of aromatic carboxylic acids is 1. The summed E-state index contributed by atoms with van der Waals surface area (Å²) >= 11 is 2.29. The second-order valence-electron chi connectivity index (χ2n) is 1.94. The van der Waals surface area contributed by atoms with Crippen molar-refractivity contribution in [2.45, 2.75) is 6.92 Å². The predicted octanol–water partition coefficient (Wildman–Crippen LogP) is 2.83. The molecule has 0 radical (unpaired) electrons. The van der Waals surface area contributed by atoms with Crippen LogP contribution in [0.1, 0.15) is 17.3 Å². The summed E-state index contributed by atoms with van der Waals surface area (Å²) in [5.74, 6) is -0.879. The number of hydrogen-bond acceptors (Lipinski definition) is 1. The summed E-state index contributed by atoms with van der Waals surface area (Å²) in [5, 5.41) is 8.38. The van der Waals surface area contributed by atoms with Gasteiger partial charge in [0.1, 0.15) is 0 Å². The SMILES string of the molecule is CCI.O=C(O)c1ccccc1. The second kappa shape index (κ2) is 7.09. The molecule has 0 unspecified atom stereocenters. The Hall–Kier alpha value is -0.580. The smallest absolute Gasteiger partial charge is 0.335 e. The lowest BCUT2D eigenvalue weighted by Crippen LogP contribution is -1.93. The van der Waals surface area contributed by atoms with Crippen LogP contribution in [0, 0.1) is 0 Å². The zero-order valence-corrected chi connectivity index (χ0v) is 8.98. The fourth-order valence-electron chi connectivity index (χ4n) is 0.581. The molecule has 0 aromatic heterocycles. The molecule has 0 aliphatic heterocycles. The first kappa shape index (κ1) is 11.4. The van der Waals surface area contributed by atoms with Crippen molar-refractivity contribution in [1.82, 2.24) is 0 Å². The average Bonchev–Trinajstić information content (AvgIpc) is 2.07. The van der Waals surface area contributed by atoms with E-state index in [1.165, 1.54) is 4.43 Å². The van der Waals surface area contributed by atoms with Crippen LogP contribution >= 0.6 is 22.6 Å². The maximum absolute atomic E-state index is 10.2. The predicted molar refractivity (Wildman–Crippen MR) is 58.0 cm³/mol. The van der Waals surface area contributed by atoms with Crippen LogP contribution in [0.4, 0.5) is 0 Å². The van der Waals surface area contributed by atoms with Gasteiger partial charge in [0.15, 0.2) is 0 Å². The molecule has 2 nitrogen and oxygen atoms in total. The van der Waals surface area contributed by atoms with Crippen molar-refractivity contribution >= 4 is 28.6 Å². The van der Waals surface area contributed by atoms with Crippen molar-refractivity contribution in [3.05, 3.63) is 35.9 Å². The number of alkyl halides is 1. The number of rotatable bonds is 1. The number of carboxylic acid groups (broad SMARTS) is 1. The molecule has 3 heteroatoms. The van der Waals surface area contributed by atoms with Crippen LogP contribution in [-0.4, -0.2) is 15.5 Å². The van der Waals surface area contributed by atoms with Gasteiger partial charge in [-0.2, -0.15) is 0 Å². The molecule has 1 aromatic carbocycles. The maximum Gasteiger partial charge on any atom is 0.335 e. The molecular formula is C9H11IO2. The van der Waals surface area contributed by atoms with Gasteiger partial charge in [0.25, 0.3) is 0 Å². The van der Waals surface area contributed by atoms with E-state index >= 15 is 0 Å². The lowest BCUT2D eigenvalue weighted by atomic mass is 10.2. The summed E-state index contributed by atoms with van der Waals surface area (Å²) in [6.07, 6.45) is 0. The molecule has 66 valence electrons. The molecule has 0 heterocycles. The van der Waals surface area contributed by atoms with Gasteiger partial charge in [-0.1, -0.05) is 47.7 Å². The minimum absolute atomic E-state index is 0.331. The fraction of sp³-hybridized carbons (Fsp3) is 0.222. The van der Waals surface area contributed by atoms with E-state index in [0.717, 1.165) is 0 Å². The maximum atomic E-state index is 10.2. The highest BCUT2D eigenvalue weighted by Crippen LogP contribution is 1.96. The zero-order chi connectivity index (χ0) is 9.40. The van der Waals surface area contributed by atoms with Crippen LogP contribution in [0.25, 0.3) is 0 Å². The highest BCUT2D eigenvalue weighted by atomic mass is 127. The van der Waals surface area contributed by atoms with E-state index in [1.807, 2.05) is 0 Å². The minimum Gasteiger partial charge on any atom is -0.478 e. The molecule has 0 spiro atoms. The van der Waals surface area contributed by atoms with Crippen molar-refractivity contribution in [2.24, 2.45) is 0 Å². The van der Waals surface area contributed by atoms with Crippen LogP contribution in [0.15, 0.2) is 30.3 Å². The van der Waals surface area contributed by atoms with E-state index in [1.54, 1.807) is 30.3 Å². The van der Waals surface area contributed by atoms with Gasteiger partial charge in [0.05, 0.1) is 5.56 Å². The molecule has 0 saturated heterocycles. The summed E-state index contributed by atoms with van der Waals surface area (Å²) in [5.41, 5.74) is 0.331. The van der Waals surface area contributed by atoms with E-state index in [0.29, 0.717) is 5.56 Å². The summed E-state index contributed by atoms with van der Waals surface area (Å²) in [7, 11) is 0.